The maximum Gasteiger partial charge on any atom is 0.491 e. The predicted octanol–water partition coefficient (Wildman–Crippen LogP) is 3.57. The van der Waals surface area contributed by atoms with Crippen molar-refractivity contribution in [3.8, 4) is 17.1 Å². The molecule has 12 heteroatoms. The predicted molar refractivity (Wildman–Crippen MR) is 151 cm³/mol. The third-order valence-corrected chi connectivity index (χ3v) is 7.68. The van der Waals surface area contributed by atoms with E-state index in [1.165, 1.54) is 41.7 Å². The monoisotopic (exact) mass is 566 g/mol. The van der Waals surface area contributed by atoms with E-state index in [4.69, 9.17) is 13.8 Å². The number of halogens is 1. The number of nitrogens with one attached hydrogen (secondary N) is 1. The fourth-order valence-electron chi connectivity index (χ4n) is 4.74. The quantitative estimate of drug-likeness (QED) is 0.313. The van der Waals surface area contributed by atoms with Crippen LogP contribution in [-0.4, -0.2) is 45.9 Å². The van der Waals surface area contributed by atoms with Crippen molar-refractivity contribution in [1.82, 2.24) is 5.32 Å². The van der Waals surface area contributed by atoms with Gasteiger partial charge in [-0.15, -0.1) is 0 Å². The maximum atomic E-state index is 13.6. The highest BCUT2D eigenvalue weighted by molar-refractivity contribution is 7.92. The summed E-state index contributed by atoms with van der Waals surface area (Å²) in [5.74, 6) is -0.411. The van der Waals surface area contributed by atoms with Gasteiger partial charge in [-0.05, 0) is 60.8 Å². The van der Waals surface area contributed by atoms with Gasteiger partial charge in [-0.1, -0.05) is 18.2 Å². The minimum Gasteiger partial charge on any atom is -0.489 e. The molecule has 4 aromatic rings. The van der Waals surface area contributed by atoms with Crippen molar-refractivity contribution in [3.05, 3.63) is 77.1 Å². The van der Waals surface area contributed by atoms with Crippen LogP contribution < -0.4 is 19.8 Å². The van der Waals surface area contributed by atoms with Gasteiger partial charge in [-0.3, -0.25) is 9.10 Å². The van der Waals surface area contributed by atoms with Gasteiger partial charge in [0.25, 0.3) is 5.91 Å². The second-order valence-corrected chi connectivity index (χ2v) is 11.7. The number of ether oxygens (including phenoxy) is 1. The number of sulfonamides is 1. The number of hydrogen-bond donors (Lipinski definition) is 2. The number of carbonyl (C=O) groups excluding carboxylic acids is 1. The van der Waals surface area contributed by atoms with Crippen molar-refractivity contribution < 1.29 is 36.4 Å². The SMILES string of the molecule is CNC(=O)c1c(-c2ccc(F)cc2)oc2cc(N(Cc3ccc4c(c3)COB4O)S(C)(=O)=O)c(OC(C)C)cc12. The molecular formula is C28H28BFN2O7S. The van der Waals surface area contributed by atoms with Crippen molar-refractivity contribution in [3.63, 3.8) is 0 Å². The molecule has 40 heavy (non-hydrogen) atoms. The van der Waals surface area contributed by atoms with E-state index in [9.17, 15) is 22.6 Å². The van der Waals surface area contributed by atoms with Crippen LogP contribution in [0.1, 0.15) is 35.3 Å². The molecule has 2 N–H and O–H groups in total. The van der Waals surface area contributed by atoms with Crippen LogP contribution in [-0.2, 0) is 27.8 Å². The lowest BCUT2D eigenvalue weighted by molar-refractivity contribution is 0.0964. The summed E-state index contributed by atoms with van der Waals surface area (Å²) in [4.78, 5) is 13.0. The highest BCUT2D eigenvalue weighted by Gasteiger charge is 2.30. The molecule has 1 aliphatic rings. The summed E-state index contributed by atoms with van der Waals surface area (Å²) in [5.41, 5.74) is 3.27. The molecule has 1 aliphatic heterocycles. The molecule has 0 unspecified atom stereocenters. The van der Waals surface area contributed by atoms with Crippen LogP contribution in [0.2, 0.25) is 0 Å². The van der Waals surface area contributed by atoms with Gasteiger partial charge in [0.15, 0.2) is 0 Å². The first kappa shape index (κ1) is 27.7. The lowest BCUT2D eigenvalue weighted by Crippen LogP contribution is -2.31. The van der Waals surface area contributed by atoms with Gasteiger partial charge in [0.05, 0.1) is 36.8 Å². The lowest BCUT2D eigenvalue weighted by atomic mass is 9.79. The third kappa shape index (κ3) is 5.29. The van der Waals surface area contributed by atoms with Gasteiger partial charge < -0.3 is 24.1 Å². The molecule has 0 saturated heterocycles. The topological polar surface area (TPSA) is 118 Å². The molecule has 0 saturated carbocycles. The molecule has 208 valence electrons. The van der Waals surface area contributed by atoms with Gasteiger partial charge in [0, 0.05) is 24.1 Å². The lowest BCUT2D eigenvalue weighted by Gasteiger charge is -2.26. The second kappa shape index (κ2) is 10.6. The molecule has 1 aromatic heterocycles. The molecule has 0 aliphatic carbocycles. The Hall–Kier alpha value is -3.87. The fourth-order valence-corrected chi connectivity index (χ4v) is 5.62. The van der Waals surface area contributed by atoms with E-state index in [0.29, 0.717) is 22.0 Å². The summed E-state index contributed by atoms with van der Waals surface area (Å²) in [6.45, 7) is 3.81. The van der Waals surface area contributed by atoms with Crippen LogP contribution in [0.3, 0.4) is 0 Å². The molecule has 0 atom stereocenters. The van der Waals surface area contributed by atoms with Crippen molar-refractivity contribution in [2.24, 2.45) is 0 Å². The number of rotatable bonds is 8. The Bertz CT molecular complexity index is 1700. The number of hydrogen-bond acceptors (Lipinski definition) is 7. The van der Waals surface area contributed by atoms with Crippen LogP contribution in [0, 0.1) is 5.82 Å². The first-order chi connectivity index (χ1) is 19.0. The number of carbonyl (C=O) groups is 1. The molecule has 0 fully saturated rings. The Morgan fingerprint density at radius 2 is 1.90 bits per heavy atom. The average molecular weight is 566 g/mol. The first-order valence-electron chi connectivity index (χ1n) is 12.6. The summed E-state index contributed by atoms with van der Waals surface area (Å²) in [7, 11) is -3.36. The number of anilines is 1. The number of fused-ring (bicyclic) bond motifs is 2. The van der Waals surface area contributed by atoms with Crippen LogP contribution in [0.5, 0.6) is 5.75 Å². The highest BCUT2D eigenvalue weighted by Crippen LogP contribution is 2.42. The molecule has 5 rings (SSSR count). The summed E-state index contributed by atoms with van der Waals surface area (Å²) in [6.07, 6.45) is 0.779. The van der Waals surface area contributed by atoms with Gasteiger partial charge >= 0.3 is 7.12 Å². The molecule has 0 radical (unpaired) electrons. The van der Waals surface area contributed by atoms with Gasteiger partial charge in [0.2, 0.25) is 10.0 Å². The van der Waals surface area contributed by atoms with Crippen LogP contribution in [0.25, 0.3) is 22.3 Å². The van der Waals surface area contributed by atoms with E-state index in [2.05, 4.69) is 5.32 Å². The second-order valence-electron chi connectivity index (χ2n) is 9.84. The fraction of sp³-hybridized carbons (Fsp3) is 0.250. The minimum absolute atomic E-state index is 0.0317. The molecule has 1 amide bonds. The molecular weight excluding hydrogens is 538 g/mol. The molecule has 0 spiro atoms. The number of amides is 1. The van der Waals surface area contributed by atoms with Gasteiger partial charge in [0.1, 0.15) is 22.9 Å². The minimum atomic E-state index is -3.84. The van der Waals surface area contributed by atoms with E-state index >= 15 is 0 Å². The van der Waals surface area contributed by atoms with Gasteiger partial charge in [-0.2, -0.15) is 0 Å². The first-order valence-corrected chi connectivity index (χ1v) is 14.5. The summed E-state index contributed by atoms with van der Waals surface area (Å²) in [5, 5.41) is 13.0. The zero-order valence-corrected chi connectivity index (χ0v) is 23.2. The average Bonchev–Trinajstić information content (AvgIpc) is 3.45. The van der Waals surface area contributed by atoms with Gasteiger partial charge in [-0.25, -0.2) is 12.8 Å². The molecule has 9 nitrogen and oxygen atoms in total. The Morgan fingerprint density at radius 1 is 1.18 bits per heavy atom. The van der Waals surface area contributed by atoms with Crippen LogP contribution >= 0.6 is 0 Å². The largest absolute Gasteiger partial charge is 0.491 e. The Morgan fingerprint density at radius 3 is 2.55 bits per heavy atom. The Balaban J connectivity index is 1.69. The third-order valence-electron chi connectivity index (χ3n) is 6.56. The van der Waals surface area contributed by atoms with Crippen LogP contribution in [0.4, 0.5) is 10.1 Å². The van der Waals surface area contributed by atoms with E-state index in [0.717, 1.165) is 11.8 Å². The summed E-state index contributed by atoms with van der Waals surface area (Å²) < 4.78 is 58.6. The standard InChI is InChI=1S/C28H28BFN2O7S/c1-16(2)38-25-12-21-24(39-27(26(21)28(33)31-3)18-6-8-20(30)9-7-18)13-23(25)32(40(4,35)36)14-17-5-10-22-19(11-17)15-37-29(22)34/h5-13,16,34H,14-15H2,1-4H3,(H,31,33). The maximum absolute atomic E-state index is 13.6. The van der Waals surface area contributed by atoms with Crippen molar-refractivity contribution in [2.75, 3.05) is 17.6 Å². The van der Waals surface area contributed by atoms with E-state index in [1.807, 2.05) is 13.8 Å². The number of nitrogens with zero attached hydrogens (tertiary/aromatic N) is 1. The Kier molecular flexibility index (Phi) is 7.34. The zero-order chi connectivity index (χ0) is 28.8. The number of furan rings is 1. The van der Waals surface area contributed by atoms with Crippen LogP contribution in [0.15, 0.2) is 59.0 Å². The van der Waals surface area contributed by atoms with E-state index < -0.39 is 28.9 Å². The molecule has 0 bridgehead atoms. The van der Waals surface area contributed by atoms with E-state index in [-0.39, 0.29) is 47.6 Å². The van der Waals surface area contributed by atoms with E-state index in [1.54, 1.807) is 24.3 Å². The molecule has 3 aromatic carbocycles. The van der Waals surface area contributed by atoms with Crippen molar-refractivity contribution in [2.45, 2.75) is 33.1 Å². The smallest absolute Gasteiger partial charge is 0.489 e. The normalized spacial score (nSPS) is 13.1. The molecule has 2 heterocycles. The summed E-state index contributed by atoms with van der Waals surface area (Å²) >= 11 is 0. The van der Waals surface area contributed by atoms with Crippen molar-refractivity contribution in [1.29, 1.82) is 0 Å². The highest BCUT2D eigenvalue weighted by atomic mass is 32.2. The zero-order valence-electron chi connectivity index (χ0n) is 22.4. The Labute approximate surface area is 231 Å². The van der Waals surface area contributed by atoms with Crippen molar-refractivity contribution >= 4 is 45.2 Å². The summed E-state index contributed by atoms with van der Waals surface area (Å²) in [6, 6.07) is 13.9. The number of benzene rings is 3.